The van der Waals surface area contributed by atoms with Crippen molar-refractivity contribution in [1.82, 2.24) is 19.8 Å². The van der Waals surface area contributed by atoms with Crippen molar-refractivity contribution < 1.29 is 19.1 Å². The molecule has 1 fully saturated rings. The van der Waals surface area contributed by atoms with E-state index in [1.165, 1.54) is 7.11 Å². The molecule has 2 amide bonds. The zero-order chi connectivity index (χ0) is 30.5. The molecule has 0 radical (unpaired) electrons. The molecule has 3 aromatic carbocycles. The number of hydrogen-bond donors (Lipinski definition) is 0. The third-order valence-corrected chi connectivity index (χ3v) is 7.82. The van der Waals surface area contributed by atoms with Gasteiger partial charge in [-0.2, -0.15) is 0 Å². The van der Waals surface area contributed by atoms with Crippen molar-refractivity contribution in [1.29, 1.82) is 0 Å². The molecule has 0 aliphatic carbocycles. The van der Waals surface area contributed by atoms with Gasteiger partial charge in [0.15, 0.2) is 5.82 Å². The number of amides is 2. The van der Waals surface area contributed by atoms with Crippen LogP contribution in [-0.2, 0) is 9.53 Å². The summed E-state index contributed by atoms with van der Waals surface area (Å²) >= 11 is 0. The summed E-state index contributed by atoms with van der Waals surface area (Å²) in [5.41, 5.74) is 3.14. The first-order valence-electron chi connectivity index (χ1n) is 14.6. The van der Waals surface area contributed by atoms with Gasteiger partial charge in [-0.15, -0.1) is 0 Å². The van der Waals surface area contributed by atoms with Crippen LogP contribution in [0.15, 0.2) is 91.0 Å². The van der Waals surface area contributed by atoms with E-state index >= 15 is 0 Å². The number of piperazine rings is 1. The van der Waals surface area contributed by atoms with Crippen molar-refractivity contribution in [3.8, 4) is 11.4 Å². The van der Waals surface area contributed by atoms with Gasteiger partial charge in [-0.25, -0.2) is 14.8 Å². The van der Waals surface area contributed by atoms with Crippen LogP contribution in [-0.4, -0.2) is 70.3 Å². The first kappa shape index (κ1) is 29.6. The highest BCUT2D eigenvalue weighted by molar-refractivity contribution is 6.05. The van der Waals surface area contributed by atoms with Gasteiger partial charge in [0.05, 0.1) is 18.7 Å². The summed E-state index contributed by atoms with van der Waals surface area (Å²) in [5, 5.41) is 0. The van der Waals surface area contributed by atoms with Gasteiger partial charge >= 0.3 is 5.97 Å². The van der Waals surface area contributed by atoms with Crippen LogP contribution in [0.4, 0.5) is 0 Å². The molecule has 220 valence electrons. The molecule has 1 atom stereocenters. The molecule has 8 heteroatoms. The molecular formula is C35H36N4O4. The molecule has 0 spiro atoms. The van der Waals surface area contributed by atoms with E-state index in [0.29, 0.717) is 31.2 Å². The van der Waals surface area contributed by atoms with Crippen LogP contribution in [0.25, 0.3) is 11.4 Å². The third-order valence-electron chi connectivity index (χ3n) is 7.82. The fourth-order valence-electron chi connectivity index (χ4n) is 5.62. The van der Waals surface area contributed by atoms with E-state index < -0.39 is 11.9 Å². The Bertz CT molecular complexity index is 1550. The molecule has 1 aromatic heterocycles. The van der Waals surface area contributed by atoms with Crippen molar-refractivity contribution in [2.75, 3.05) is 26.7 Å². The van der Waals surface area contributed by atoms with Gasteiger partial charge < -0.3 is 14.5 Å². The third kappa shape index (κ3) is 6.18. The minimum Gasteiger partial charge on any atom is -0.465 e. The number of esters is 1. The molecule has 1 aliphatic heterocycles. The lowest BCUT2D eigenvalue weighted by atomic mass is 9.89. The van der Waals surface area contributed by atoms with Crippen molar-refractivity contribution in [2.45, 2.75) is 38.6 Å². The summed E-state index contributed by atoms with van der Waals surface area (Å²) in [6.45, 7) is 6.72. The van der Waals surface area contributed by atoms with Crippen LogP contribution in [0.2, 0.25) is 0 Å². The van der Waals surface area contributed by atoms with Gasteiger partial charge in [-0.05, 0) is 24.0 Å². The summed E-state index contributed by atoms with van der Waals surface area (Å²) in [5.74, 6) is -1.29. The Balaban J connectivity index is 1.46. The normalized spacial score (nSPS) is 15.1. The second-order valence-electron chi connectivity index (χ2n) is 11.1. The molecule has 5 rings (SSSR count). The molecule has 1 aliphatic rings. The number of carbonyl (C=O) groups is 3. The Morgan fingerprint density at radius 1 is 0.814 bits per heavy atom. The van der Waals surface area contributed by atoms with Gasteiger partial charge in [-0.1, -0.05) is 105 Å². The van der Waals surface area contributed by atoms with E-state index in [1.54, 1.807) is 4.90 Å². The Morgan fingerprint density at radius 3 is 1.88 bits per heavy atom. The standard InChI is InChI=1S/C35H36N4O4/c1-23(2)30-29(35(42)43-4)31(37-32(36-30)27-18-12-7-13-19-27)34(41)38-20-21-39(24(3)22-38)33(40)28(25-14-8-5-9-15-25)26-16-10-6-11-17-26/h5-19,23-24,28H,20-22H2,1-4H3. The number of rotatable bonds is 7. The number of benzene rings is 3. The lowest BCUT2D eigenvalue weighted by molar-refractivity contribution is -0.136. The zero-order valence-corrected chi connectivity index (χ0v) is 24.9. The minimum atomic E-state index is -0.651. The summed E-state index contributed by atoms with van der Waals surface area (Å²) in [6.07, 6.45) is 0. The van der Waals surface area contributed by atoms with Gasteiger partial charge in [0.25, 0.3) is 5.91 Å². The van der Waals surface area contributed by atoms with Crippen LogP contribution in [0.5, 0.6) is 0 Å². The number of hydrogen-bond acceptors (Lipinski definition) is 6. The molecule has 0 saturated carbocycles. The van der Waals surface area contributed by atoms with Crippen LogP contribution < -0.4 is 0 Å². The van der Waals surface area contributed by atoms with Crippen LogP contribution in [0.1, 0.15) is 70.3 Å². The second-order valence-corrected chi connectivity index (χ2v) is 11.1. The van der Waals surface area contributed by atoms with Gasteiger partial charge in [-0.3, -0.25) is 9.59 Å². The molecule has 0 bridgehead atoms. The number of methoxy groups -OCH3 is 1. The molecule has 4 aromatic rings. The van der Waals surface area contributed by atoms with Crippen molar-refractivity contribution >= 4 is 17.8 Å². The lowest BCUT2D eigenvalue weighted by Crippen LogP contribution is -2.56. The van der Waals surface area contributed by atoms with Crippen molar-refractivity contribution in [3.63, 3.8) is 0 Å². The Hall–Kier alpha value is -4.85. The van der Waals surface area contributed by atoms with Gasteiger partial charge in [0.1, 0.15) is 11.3 Å². The zero-order valence-electron chi connectivity index (χ0n) is 24.9. The fourth-order valence-corrected chi connectivity index (χ4v) is 5.62. The monoisotopic (exact) mass is 576 g/mol. The van der Waals surface area contributed by atoms with E-state index in [2.05, 4.69) is 4.98 Å². The molecule has 2 heterocycles. The number of nitrogens with zero attached hydrogens (tertiary/aromatic N) is 4. The smallest absolute Gasteiger partial charge is 0.342 e. The van der Waals surface area contributed by atoms with E-state index in [-0.39, 0.29) is 35.0 Å². The van der Waals surface area contributed by atoms with E-state index in [9.17, 15) is 14.4 Å². The maximum atomic E-state index is 14.1. The summed E-state index contributed by atoms with van der Waals surface area (Å²) in [7, 11) is 1.29. The average Bonchev–Trinajstić information content (AvgIpc) is 3.04. The highest BCUT2D eigenvalue weighted by Crippen LogP contribution is 2.30. The summed E-state index contributed by atoms with van der Waals surface area (Å²) in [4.78, 5) is 54.1. The van der Waals surface area contributed by atoms with E-state index in [1.807, 2.05) is 117 Å². The summed E-state index contributed by atoms with van der Waals surface area (Å²) in [6, 6.07) is 28.6. The minimum absolute atomic E-state index is 0.0113. The van der Waals surface area contributed by atoms with Crippen LogP contribution >= 0.6 is 0 Å². The first-order valence-corrected chi connectivity index (χ1v) is 14.6. The van der Waals surface area contributed by atoms with Crippen molar-refractivity contribution in [2.24, 2.45) is 0 Å². The topological polar surface area (TPSA) is 92.7 Å². The quantitative estimate of drug-likeness (QED) is 0.268. The second kappa shape index (κ2) is 13.0. The number of carbonyl (C=O) groups excluding carboxylic acids is 3. The number of aromatic nitrogens is 2. The Morgan fingerprint density at radius 2 is 1.37 bits per heavy atom. The Labute approximate surface area is 252 Å². The maximum absolute atomic E-state index is 14.1. The van der Waals surface area contributed by atoms with Gasteiger partial charge in [0.2, 0.25) is 5.91 Å². The fraction of sp³-hybridized carbons (Fsp3) is 0.286. The Kier molecular flexibility index (Phi) is 8.95. The predicted molar refractivity (Wildman–Crippen MR) is 165 cm³/mol. The van der Waals surface area contributed by atoms with E-state index in [4.69, 9.17) is 9.72 Å². The SMILES string of the molecule is COC(=O)c1c(C(=O)N2CCN(C(=O)C(c3ccccc3)c3ccccc3)C(C)C2)nc(-c2ccccc2)nc1C(C)C. The average molecular weight is 577 g/mol. The highest BCUT2D eigenvalue weighted by Gasteiger charge is 2.37. The number of ether oxygens (including phenoxy) is 1. The largest absolute Gasteiger partial charge is 0.465 e. The summed E-state index contributed by atoms with van der Waals surface area (Å²) < 4.78 is 5.09. The first-order chi connectivity index (χ1) is 20.8. The van der Waals surface area contributed by atoms with Crippen LogP contribution in [0, 0.1) is 0 Å². The lowest BCUT2D eigenvalue weighted by Gasteiger charge is -2.41. The molecule has 1 unspecified atom stereocenters. The molecule has 1 saturated heterocycles. The predicted octanol–water partition coefficient (Wildman–Crippen LogP) is 5.56. The molecule has 43 heavy (non-hydrogen) atoms. The molecule has 0 N–H and O–H groups in total. The highest BCUT2D eigenvalue weighted by atomic mass is 16.5. The van der Waals surface area contributed by atoms with Crippen molar-refractivity contribution in [3.05, 3.63) is 119 Å². The van der Waals surface area contributed by atoms with E-state index in [0.717, 1.165) is 16.7 Å². The van der Waals surface area contributed by atoms with Gasteiger partial charge in [0, 0.05) is 31.2 Å². The molecule has 8 nitrogen and oxygen atoms in total. The molecular weight excluding hydrogens is 540 g/mol. The van der Waals surface area contributed by atoms with Crippen LogP contribution in [0.3, 0.4) is 0 Å². The maximum Gasteiger partial charge on any atom is 0.342 e.